The first kappa shape index (κ1) is 22.9. The van der Waals surface area contributed by atoms with E-state index in [0.29, 0.717) is 11.3 Å². The summed E-state index contributed by atoms with van der Waals surface area (Å²) >= 11 is 0. The van der Waals surface area contributed by atoms with E-state index < -0.39 is 28.5 Å². The van der Waals surface area contributed by atoms with Crippen LogP contribution < -0.4 is 10.6 Å². The van der Waals surface area contributed by atoms with Crippen LogP contribution in [0.5, 0.6) is 0 Å². The van der Waals surface area contributed by atoms with Crippen molar-refractivity contribution in [2.45, 2.75) is 11.8 Å². The van der Waals surface area contributed by atoms with Gasteiger partial charge in [-0.25, -0.2) is 23.8 Å². The van der Waals surface area contributed by atoms with Crippen LogP contribution >= 0.6 is 0 Å². The fourth-order valence-corrected chi connectivity index (χ4v) is 3.39. The quantitative estimate of drug-likeness (QED) is 0.324. The standard InChI is InChI=1S/C23H21N3O5S/c1-16-12-13-19(32(24,29)30)14-20(16)23(28)31-15-21(27)25-26-22(17-8-4-2-5-9-17)18-10-6-3-7-11-18/h2-14H,15H2,1H3,(H,25,27)(H2,24,29,30). The molecule has 3 rings (SSSR count). The Morgan fingerprint density at radius 3 is 2.03 bits per heavy atom. The highest BCUT2D eigenvalue weighted by Crippen LogP contribution is 2.16. The third-order valence-electron chi connectivity index (χ3n) is 4.48. The van der Waals surface area contributed by atoms with Gasteiger partial charge in [0.1, 0.15) is 0 Å². The van der Waals surface area contributed by atoms with Gasteiger partial charge in [0.2, 0.25) is 10.0 Å². The molecule has 3 N–H and O–H groups in total. The van der Waals surface area contributed by atoms with Crippen LogP contribution in [0, 0.1) is 6.92 Å². The summed E-state index contributed by atoms with van der Waals surface area (Å²) in [5.74, 6) is -1.50. The van der Waals surface area contributed by atoms with E-state index in [4.69, 9.17) is 9.88 Å². The van der Waals surface area contributed by atoms with Crippen LogP contribution in [0.4, 0.5) is 0 Å². The first-order valence-electron chi connectivity index (χ1n) is 9.53. The molecule has 0 radical (unpaired) electrons. The molecule has 0 aliphatic carbocycles. The summed E-state index contributed by atoms with van der Waals surface area (Å²) in [6.07, 6.45) is 0. The van der Waals surface area contributed by atoms with Gasteiger partial charge in [0.25, 0.3) is 5.91 Å². The van der Waals surface area contributed by atoms with Gasteiger partial charge >= 0.3 is 5.97 Å². The number of nitrogens with two attached hydrogens (primary N) is 1. The predicted molar refractivity (Wildman–Crippen MR) is 120 cm³/mol. The number of nitrogens with zero attached hydrogens (tertiary/aromatic N) is 1. The maximum absolute atomic E-state index is 12.4. The van der Waals surface area contributed by atoms with Crippen molar-refractivity contribution in [1.82, 2.24) is 5.43 Å². The molecule has 0 saturated carbocycles. The molecule has 32 heavy (non-hydrogen) atoms. The van der Waals surface area contributed by atoms with Crippen molar-refractivity contribution in [3.05, 3.63) is 101 Å². The van der Waals surface area contributed by atoms with Crippen molar-refractivity contribution in [3.8, 4) is 0 Å². The Kier molecular flexibility index (Phi) is 7.14. The Morgan fingerprint density at radius 1 is 0.938 bits per heavy atom. The van der Waals surface area contributed by atoms with Gasteiger partial charge in [-0.05, 0) is 24.6 Å². The molecule has 0 aliphatic heterocycles. The fourth-order valence-electron chi connectivity index (χ4n) is 2.85. The minimum Gasteiger partial charge on any atom is -0.452 e. The average molecular weight is 452 g/mol. The first-order chi connectivity index (χ1) is 15.3. The molecule has 0 fully saturated rings. The number of esters is 1. The number of rotatable bonds is 7. The maximum Gasteiger partial charge on any atom is 0.338 e. The molecular weight excluding hydrogens is 430 g/mol. The van der Waals surface area contributed by atoms with Crippen molar-refractivity contribution < 1.29 is 22.7 Å². The van der Waals surface area contributed by atoms with Gasteiger partial charge in [-0.3, -0.25) is 4.79 Å². The molecule has 8 nitrogen and oxygen atoms in total. The number of sulfonamides is 1. The summed E-state index contributed by atoms with van der Waals surface area (Å²) in [5, 5.41) is 9.31. The van der Waals surface area contributed by atoms with Gasteiger partial charge in [0.15, 0.2) is 6.61 Å². The second-order valence-electron chi connectivity index (χ2n) is 6.83. The van der Waals surface area contributed by atoms with Gasteiger partial charge in [-0.2, -0.15) is 5.10 Å². The minimum atomic E-state index is -3.98. The number of carbonyl (C=O) groups is 2. The number of hydrogen-bond donors (Lipinski definition) is 2. The molecule has 0 unspecified atom stereocenters. The number of carbonyl (C=O) groups excluding carboxylic acids is 2. The number of primary sulfonamides is 1. The number of hydrogen-bond acceptors (Lipinski definition) is 6. The third kappa shape index (κ3) is 5.87. The van der Waals surface area contributed by atoms with Crippen LogP contribution in [-0.2, 0) is 19.6 Å². The monoisotopic (exact) mass is 451 g/mol. The lowest BCUT2D eigenvalue weighted by atomic mass is 10.0. The lowest BCUT2D eigenvalue weighted by Gasteiger charge is -2.09. The number of amides is 1. The molecule has 0 atom stereocenters. The Bertz CT molecular complexity index is 1220. The SMILES string of the molecule is Cc1ccc(S(N)(=O)=O)cc1C(=O)OCC(=O)NN=C(c1ccccc1)c1ccccc1. The van der Waals surface area contributed by atoms with E-state index in [1.165, 1.54) is 12.1 Å². The third-order valence-corrected chi connectivity index (χ3v) is 5.39. The van der Waals surface area contributed by atoms with Gasteiger partial charge in [-0.15, -0.1) is 0 Å². The van der Waals surface area contributed by atoms with E-state index in [-0.39, 0.29) is 10.5 Å². The van der Waals surface area contributed by atoms with Crippen LogP contribution in [0.1, 0.15) is 27.0 Å². The van der Waals surface area contributed by atoms with Gasteiger partial charge in [0, 0.05) is 11.1 Å². The van der Waals surface area contributed by atoms with E-state index in [1.807, 2.05) is 60.7 Å². The highest BCUT2D eigenvalue weighted by Gasteiger charge is 2.17. The topological polar surface area (TPSA) is 128 Å². The Hall–Kier alpha value is -3.82. The molecule has 164 valence electrons. The van der Waals surface area contributed by atoms with E-state index in [0.717, 1.165) is 17.2 Å². The number of hydrazone groups is 1. The predicted octanol–water partition coefficient (Wildman–Crippen LogP) is 2.37. The van der Waals surface area contributed by atoms with Crippen LogP contribution in [0.3, 0.4) is 0 Å². The molecule has 0 heterocycles. The van der Waals surface area contributed by atoms with Crippen LogP contribution in [0.2, 0.25) is 0 Å². The van der Waals surface area contributed by atoms with E-state index in [9.17, 15) is 18.0 Å². The number of nitrogens with one attached hydrogen (secondary N) is 1. The number of benzene rings is 3. The minimum absolute atomic E-state index is 0.00193. The number of ether oxygens (including phenoxy) is 1. The molecule has 0 spiro atoms. The Balaban J connectivity index is 1.71. The normalized spacial score (nSPS) is 10.8. The van der Waals surface area contributed by atoms with Crippen molar-refractivity contribution in [1.29, 1.82) is 0 Å². The van der Waals surface area contributed by atoms with Crippen LogP contribution in [0.25, 0.3) is 0 Å². The van der Waals surface area contributed by atoms with Gasteiger partial charge in [0.05, 0.1) is 16.2 Å². The zero-order chi connectivity index (χ0) is 23.1. The molecule has 0 bridgehead atoms. The van der Waals surface area contributed by atoms with Crippen molar-refractivity contribution in [3.63, 3.8) is 0 Å². The van der Waals surface area contributed by atoms with Crippen molar-refractivity contribution in [2.75, 3.05) is 6.61 Å². The largest absolute Gasteiger partial charge is 0.452 e. The second kappa shape index (κ2) is 9.99. The molecular formula is C23H21N3O5S. The second-order valence-corrected chi connectivity index (χ2v) is 8.39. The molecule has 1 amide bonds. The van der Waals surface area contributed by atoms with Crippen LogP contribution in [-0.4, -0.2) is 32.6 Å². The fraction of sp³-hybridized carbons (Fsp3) is 0.0870. The summed E-state index contributed by atoms with van der Waals surface area (Å²) < 4.78 is 28.1. The average Bonchev–Trinajstić information content (AvgIpc) is 2.78. The smallest absolute Gasteiger partial charge is 0.338 e. The number of aryl methyl sites for hydroxylation is 1. The van der Waals surface area contributed by atoms with Crippen molar-refractivity contribution in [2.24, 2.45) is 10.2 Å². The highest BCUT2D eigenvalue weighted by molar-refractivity contribution is 7.89. The molecule has 3 aromatic carbocycles. The summed E-state index contributed by atoms with van der Waals surface area (Å²) in [6, 6.07) is 22.5. The molecule has 9 heteroatoms. The van der Waals surface area contributed by atoms with Crippen molar-refractivity contribution >= 4 is 27.6 Å². The highest BCUT2D eigenvalue weighted by atomic mass is 32.2. The van der Waals surface area contributed by atoms with E-state index in [2.05, 4.69) is 10.5 Å². The lowest BCUT2D eigenvalue weighted by molar-refractivity contribution is -0.124. The zero-order valence-electron chi connectivity index (χ0n) is 17.2. The van der Waals surface area contributed by atoms with E-state index in [1.54, 1.807) is 6.92 Å². The summed E-state index contributed by atoms with van der Waals surface area (Å²) in [5.41, 5.74) is 5.02. The maximum atomic E-state index is 12.4. The lowest BCUT2D eigenvalue weighted by Crippen LogP contribution is -2.26. The first-order valence-corrected chi connectivity index (χ1v) is 11.1. The van der Waals surface area contributed by atoms with E-state index >= 15 is 0 Å². The Labute approximate surface area is 185 Å². The molecule has 0 aromatic heterocycles. The molecule has 3 aromatic rings. The summed E-state index contributed by atoms with van der Waals surface area (Å²) in [4.78, 5) is 24.4. The van der Waals surface area contributed by atoms with Gasteiger partial charge < -0.3 is 4.74 Å². The zero-order valence-corrected chi connectivity index (χ0v) is 18.0. The summed E-state index contributed by atoms with van der Waals surface area (Å²) in [7, 11) is -3.98. The molecule has 0 saturated heterocycles. The van der Waals surface area contributed by atoms with Crippen LogP contribution in [0.15, 0.2) is 88.9 Å². The van der Waals surface area contributed by atoms with Gasteiger partial charge in [-0.1, -0.05) is 66.7 Å². The summed E-state index contributed by atoms with van der Waals surface area (Å²) in [6.45, 7) is 1.01. The Morgan fingerprint density at radius 2 is 1.50 bits per heavy atom. The molecule has 0 aliphatic rings.